The van der Waals surface area contributed by atoms with Gasteiger partial charge < -0.3 is 0 Å². The fourth-order valence-corrected chi connectivity index (χ4v) is 2.22. The average molecular weight is 446 g/mol. The van der Waals surface area contributed by atoms with Crippen LogP contribution in [0.25, 0.3) is 11.4 Å². The van der Waals surface area contributed by atoms with Gasteiger partial charge in [-0.1, -0.05) is 33.6 Å². The van der Waals surface area contributed by atoms with E-state index in [-0.39, 0.29) is 20.1 Å². The molecule has 0 atom stereocenters. The van der Waals surface area contributed by atoms with Crippen molar-refractivity contribution in [3.8, 4) is 11.4 Å². The van der Waals surface area contributed by atoms with Crippen molar-refractivity contribution in [1.29, 1.82) is 0 Å². The molecule has 0 aliphatic heterocycles. The minimum Gasteiger partial charge on any atom is -0.285 e. The second-order valence-corrected chi connectivity index (χ2v) is 5.13. The van der Waals surface area contributed by atoms with E-state index in [2.05, 4.69) is 48.9 Å². The maximum atomic E-state index is 4.47. The number of rotatable bonds is 5. The minimum absolute atomic E-state index is 0. The van der Waals surface area contributed by atoms with Crippen LogP contribution in [0.3, 0.4) is 0 Å². The quantitative estimate of drug-likeness (QED) is 0.507. The Hall–Kier alpha value is -1.05. The molecule has 0 unspecified atom stereocenters. The zero-order valence-corrected chi connectivity index (χ0v) is 14.8. The molecule has 0 saturated heterocycles. The maximum Gasteiger partial charge on any atom is 0.0748 e. The minimum atomic E-state index is 0. The molecular weight excluding hydrogens is 424 g/mol. The van der Waals surface area contributed by atoms with Crippen molar-refractivity contribution in [2.24, 2.45) is 0 Å². The Labute approximate surface area is 135 Å². The van der Waals surface area contributed by atoms with Crippen LogP contribution in [0.5, 0.6) is 0 Å². The number of hydrogen-bond donors (Lipinski definition) is 0. The molecule has 0 saturated carbocycles. The van der Waals surface area contributed by atoms with E-state index in [1.165, 1.54) is 30.4 Å². The molecule has 3 heteroatoms. The Morgan fingerprint density at radius 1 is 1.05 bits per heavy atom. The zero-order valence-electron chi connectivity index (χ0n) is 12.4. The van der Waals surface area contributed by atoms with Gasteiger partial charge in [-0.25, -0.2) is 0 Å². The van der Waals surface area contributed by atoms with E-state index in [1.807, 2.05) is 12.4 Å². The van der Waals surface area contributed by atoms with Crippen LogP contribution in [-0.2, 0) is 26.5 Å². The van der Waals surface area contributed by atoms with Gasteiger partial charge in [-0.05, 0) is 18.4 Å². The van der Waals surface area contributed by atoms with Gasteiger partial charge in [0.2, 0.25) is 0 Å². The summed E-state index contributed by atoms with van der Waals surface area (Å²) in [6.07, 6.45) is 8.70. The van der Waals surface area contributed by atoms with E-state index in [0.29, 0.717) is 0 Å². The SMILES string of the molecule is CCCCCc1cnc(-c2[c-]c(C)cc(C)c2)nc1.[Ir]. The summed E-state index contributed by atoms with van der Waals surface area (Å²) < 4.78 is 0. The topological polar surface area (TPSA) is 25.8 Å². The Morgan fingerprint density at radius 3 is 2.35 bits per heavy atom. The van der Waals surface area contributed by atoms with E-state index < -0.39 is 0 Å². The Balaban J connectivity index is 0.00000200. The number of benzene rings is 1. The van der Waals surface area contributed by atoms with Crippen LogP contribution >= 0.6 is 0 Å². The van der Waals surface area contributed by atoms with Crippen molar-refractivity contribution in [2.45, 2.75) is 46.5 Å². The second-order valence-electron chi connectivity index (χ2n) is 5.13. The van der Waals surface area contributed by atoms with Gasteiger partial charge in [0, 0.05) is 32.5 Å². The van der Waals surface area contributed by atoms with Crippen molar-refractivity contribution in [3.05, 3.63) is 47.3 Å². The predicted octanol–water partition coefficient (Wildman–Crippen LogP) is 4.29. The summed E-state index contributed by atoms with van der Waals surface area (Å²) in [5.74, 6) is 0.769. The summed E-state index contributed by atoms with van der Waals surface area (Å²) in [5, 5.41) is 0. The molecule has 2 nitrogen and oxygen atoms in total. The maximum absolute atomic E-state index is 4.47. The second kappa shape index (κ2) is 8.28. The van der Waals surface area contributed by atoms with Gasteiger partial charge in [-0.3, -0.25) is 9.97 Å². The molecule has 2 rings (SSSR count). The molecule has 1 radical (unpaired) electrons. The van der Waals surface area contributed by atoms with Crippen molar-refractivity contribution in [3.63, 3.8) is 0 Å². The van der Waals surface area contributed by atoms with E-state index in [0.717, 1.165) is 23.4 Å². The third-order valence-corrected chi connectivity index (χ3v) is 3.16. The van der Waals surface area contributed by atoms with Crippen LogP contribution in [0.1, 0.15) is 42.9 Å². The van der Waals surface area contributed by atoms with Crippen molar-refractivity contribution in [2.75, 3.05) is 0 Å². The summed E-state index contributed by atoms with van der Waals surface area (Å²) in [6.45, 7) is 6.36. The summed E-state index contributed by atoms with van der Waals surface area (Å²) >= 11 is 0. The zero-order chi connectivity index (χ0) is 13.7. The summed E-state index contributed by atoms with van der Waals surface area (Å²) in [7, 11) is 0. The molecule has 0 bridgehead atoms. The molecule has 1 aromatic heterocycles. The third kappa shape index (κ3) is 4.81. The molecule has 1 aromatic carbocycles. The largest absolute Gasteiger partial charge is 0.285 e. The van der Waals surface area contributed by atoms with Crippen molar-refractivity contribution >= 4 is 0 Å². The van der Waals surface area contributed by atoms with Gasteiger partial charge in [0.1, 0.15) is 0 Å². The number of unbranched alkanes of at least 4 members (excludes halogenated alkanes) is 2. The molecule has 2 aromatic rings. The van der Waals surface area contributed by atoms with Crippen molar-refractivity contribution < 1.29 is 20.1 Å². The smallest absolute Gasteiger partial charge is 0.0748 e. The third-order valence-electron chi connectivity index (χ3n) is 3.16. The Morgan fingerprint density at radius 2 is 1.75 bits per heavy atom. The fourth-order valence-electron chi connectivity index (χ4n) is 2.22. The van der Waals surface area contributed by atoms with Crippen LogP contribution in [0, 0.1) is 19.9 Å². The molecule has 0 aliphatic rings. The Kier molecular flexibility index (Phi) is 7.04. The molecule has 0 aliphatic carbocycles. The van der Waals surface area contributed by atoms with E-state index in [4.69, 9.17) is 0 Å². The van der Waals surface area contributed by atoms with Gasteiger partial charge in [0.15, 0.2) is 0 Å². The van der Waals surface area contributed by atoms with Gasteiger partial charge in [0.25, 0.3) is 0 Å². The first kappa shape index (κ1) is 17.0. The normalized spacial score (nSPS) is 10.2. The molecule has 0 N–H and O–H groups in total. The van der Waals surface area contributed by atoms with Crippen LogP contribution < -0.4 is 0 Å². The summed E-state index contributed by atoms with van der Waals surface area (Å²) in [5.41, 5.74) is 4.56. The molecule has 0 fully saturated rings. The fraction of sp³-hybridized carbons (Fsp3) is 0.412. The number of nitrogens with zero attached hydrogens (tertiary/aromatic N) is 2. The first-order valence-corrected chi connectivity index (χ1v) is 7.01. The molecule has 1 heterocycles. The van der Waals surface area contributed by atoms with Gasteiger partial charge in [-0.2, -0.15) is 0 Å². The molecule has 109 valence electrons. The monoisotopic (exact) mass is 446 g/mol. The van der Waals surface area contributed by atoms with Crippen LogP contribution in [-0.4, -0.2) is 9.97 Å². The van der Waals surface area contributed by atoms with Crippen LogP contribution in [0.2, 0.25) is 0 Å². The summed E-state index contributed by atoms with van der Waals surface area (Å²) in [4.78, 5) is 8.94. The van der Waals surface area contributed by atoms with Crippen molar-refractivity contribution in [1.82, 2.24) is 9.97 Å². The van der Waals surface area contributed by atoms with Gasteiger partial charge >= 0.3 is 0 Å². The van der Waals surface area contributed by atoms with E-state index in [9.17, 15) is 0 Å². The van der Waals surface area contributed by atoms with Gasteiger partial charge in [0.05, 0.1) is 5.82 Å². The molecule has 0 amide bonds. The summed E-state index contributed by atoms with van der Waals surface area (Å²) in [6, 6.07) is 7.51. The number of hydrogen-bond acceptors (Lipinski definition) is 2. The van der Waals surface area contributed by atoms with Crippen LogP contribution in [0.15, 0.2) is 24.5 Å². The molecular formula is C17H21IrN2-. The first-order chi connectivity index (χ1) is 9.19. The predicted molar refractivity (Wildman–Crippen MR) is 79.0 cm³/mol. The first-order valence-electron chi connectivity index (χ1n) is 7.01. The Bertz CT molecular complexity index is 515. The van der Waals surface area contributed by atoms with Crippen LogP contribution in [0.4, 0.5) is 0 Å². The molecule has 0 spiro atoms. The standard InChI is InChI=1S/C17H21N2.Ir/c1-4-5-6-7-15-11-18-17(19-12-15)16-9-13(2)8-14(3)10-16;/h8-9,11-12H,4-7H2,1-3H3;/q-1;. The average Bonchev–Trinajstić information content (AvgIpc) is 2.39. The van der Waals surface area contributed by atoms with E-state index >= 15 is 0 Å². The number of aryl methyl sites for hydroxylation is 3. The van der Waals surface area contributed by atoms with E-state index in [1.54, 1.807) is 0 Å². The molecule has 20 heavy (non-hydrogen) atoms. The van der Waals surface area contributed by atoms with Gasteiger partial charge in [-0.15, -0.1) is 34.9 Å². The number of aromatic nitrogens is 2.